The zero-order chi connectivity index (χ0) is 10.5. The first-order valence-electron chi connectivity index (χ1n) is 4.55. The Labute approximate surface area is 80.4 Å². The molecule has 76 valence electrons. The molecule has 0 rings (SSSR count). The van der Waals surface area contributed by atoms with Crippen molar-refractivity contribution in [2.75, 3.05) is 0 Å². The second-order valence-corrected chi connectivity index (χ2v) is 4.05. The first kappa shape index (κ1) is 12.2. The van der Waals surface area contributed by atoms with Gasteiger partial charge in [0.25, 0.3) is 0 Å². The van der Waals surface area contributed by atoms with Crippen LogP contribution in [0.15, 0.2) is 16.9 Å². The van der Waals surface area contributed by atoms with Crippen LogP contribution in [0.5, 0.6) is 0 Å². The molecular formula is C10H20N2O. The van der Waals surface area contributed by atoms with Crippen molar-refractivity contribution in [3.63, 3.8) is 0 Å². The van der Waals surface area contributed by atoms with Crippen molar-refractivity contribution < 1.29 is 5.11 Å². The van der Waals surface area contributed by atoms with Crippen LogP contribution in [0, 0.1) is 5.92 Å². The van der Waals surface area contributed by atoms with Crippen molar-refractivity contribution >= 4 is 6.21 Å². The quantitative estimate of drug-likeness (QED) is 0.653. The summed E-state index contributed by atoms with van der Waals surface area (Å²) in [6, 6.07) is 0. The van der Waals surface area contributed by atoms with Crippen molar-refractivity contribution in [1.29, 1.82) is 0 Å². The average molecular weight is 184 g/mol. The van der Waals surface area contributed by atoms with Crippen LogP contribution in [-0.2, 0) is 0 Å². The summed E-state index contributed by atoms with van der Waals surface area (Å²) >= 11 is 0. The number of nitrogens with two attached hydrogens (primary N) is 1. The highest BCUT2D eigenvalue weighted by Crippen LogP contribution is 2.15. The van der Waals surface area contributed by atoms with Gasteiger partial charge < -0.3 is 10.8 Å². The third-order valence-corrected chi connectivity index (χ3v) is 1.59. The van der Waals surface area contributed by atoms with Crippen LogP contribution in [0.1, 0.15) is 34.1 Å². The van der Waals surface area contributed by atoms with Crippen LogP contribution >= 0.6 is 0 Å². The smallest absolute Gasteiger partial charge is 0.102 e. The molecule has 0 saturated heterocycles. The zero-order valence-electron chi connectivity index (χ0n) is 8.91. The molecule has 3 N–H and O–H groups in total. The second kappa shape index (κ2) is 5.02. The highest BCUT2D eigenvalue weighted by atomic mass is 16.3. The van der Waals surface area contributed by atoms with Gasteiger partial charge in [0.2, 0.25) is 0 Å². The van der Waals surface area contributed by atoms with E-state index in [1.165, 1.54) is 6.20 Å². The predicted molar refractivity (Wildman–Crippen MR) is 56.5 cm³/mol. The molecule has 0 bridgehead atoms. The van der Waals surface area contributed by atoms with Gasteiger partial charge in [-0.25, -0.2) is 0 Å². The Morgan fingerprint density at radius 2 is 2.08 bits per heavy atom. The van der Waals surface area contributed by atoms with E-state index in [-0.39, 0.29) is 0 Å². The minimum Gasteiger partial charge on any atom is -0.403 e. The van der Waals surface area contributed by atoms with Crippen molar-refractivity contribution in [2.24, 2.45) is 16.6 Å². The molecule has 0 amide bonds. The van der Waals surface area contributed by atoms with Gasteiger partial charge in [0.15, 0.2) is 0 Å². The minimum atomic E-state index is -0.956. The molecule has 0 aromatic carbocycles. The molecule has 0 aliphatic rings. The molecule has 13 heavy (non-hydrogen) atoms. The molecule has 0 saturated carbocycles. The highest BCUT2D eigenvalue weighted by molar-refractivity contribution is 5.59. The Balaban J connectivity index is 4.24. The van der Waals surface area contributed by atoms with Gasteiger partial charge in [-0.1, -0.05) is 13.8 Å². The molecule has 0 spiro atoms. The number of rotatable bonds is 4. The lowest BCUT2D eigenvalue weighted by Gasteiger charge is -2.16. The van der Waals surface area contributed by atoms with Crippen molar-refractivity contribution in [2.45, 2.75) is 39.7 Å². The molecule has 0 aromatic heterocycles. The van der Waals surface area contributed by atoms with E-state index < -0.39 is 5.60 Å². The number of nitrogens with zero attached hydrogens (tertiary/aromatic N) is 1. The first-order valence-corrected chi connectivity index (χ1v) is 4.55. The first-order chi connectivity index (χ1) is 5.88. The van der Waals surface area contributed by atoms with Gasteiger partial charge in [-0.2, -0.15) is 0 Å². The van der Waals surface area contributed by atoms with E-state index in [1.807, 2.05) is 0 Å². The molecule has 3 nitrogen and oxygen atoms in total. The Morgan fingerprint density at radius 3 is 2.38 bits per heavy atom. The summed E-state index contributed by atoms with van der Waals surface area (Å²) in [4.78, 5) is 4.11. The summed E-state index contributed by atoms with van der Waals surface area (Å²) in [5.41, 5.74) is 4.89. The molecule has 0 aromatic rings. The lowest BCUT2D eigenvalue weighted by Crippen LogP contribution is -2.21. The van der Waals surface area contributed by atoms with E-state index in [9.17, 15) is 5.11 Å². The lowest BCUT2D eigenvalue weighted by atomic mass is 10.1. The summed E-state index contributed by atoms with van der Waals surface area (Å²) in [6.07, 6.45) is 4.03. The van der Waals surface area contributed by atoms with E-state index in [1.54, 1.807) is 20.1 Å². The van der Waals surface area contributed by atoms with E-state index >= 15 is 0 Å². The fourth-order valence-corrected chi connectivity index (χ4v) is 0.767. The lowest BCUT2D eigenvalue weighted by molar-refractivity contribution is 0.118. The number of hydrogen-bond acceptors (Lipinski definition) is 3. The van der Waals surface area contributed by atoms with Crippen molar-refractivity contribution in [3.8, 4) is 0 Å². The van der Waals surface area contributed by atoms with Gasteiger partial charge >= 0.3 is 0 Å². The molecule has 0 aliphatic heterocycles. The topological polar surface area (TPSA) is 58.6 Å². The van der Waals surface area contributed by atoms with Crippen LogP contribution in [-0.4, -0.2) is 16.9 Å². The minimum absolute atomic E-state index is 0.508. The highest BCUT2D eigenvalue weighted by Gasteiger charge is 2.17. The molecule has 0 heterocycles. The van der Waals surface area contributed by atoms with Crippen LogP contribution in [0.2, 0.25) is 0 Å². The third kappa shape index (κ3) is 5.42. The van der Waals surface area contributed by atoms with Crippen LogP contribution < -0.4 is 5.73 Å². The number of hydrogen-bond donors (Lipinski definition) is 2. The van der Waals surface area contributed by atoms with E-state index in [0.29, 0.717) is 11.6 Å². The molecule has 0 fully saturated rings. The van der Waals surface area contributed by atoms with Gasteiger partial charge in [-0.3, -0.25) is 4.99 Å². The van der Waals surface area contributed by atoms with E-state index in [4.69, 9.17) is 5.73 Å². The summed E-state index contributed by atoms with van der Waals surface area (Å²) < 4.78 is 0. The fraction of sp³-hybridized carbons (Fsp3) is 0.700. The summed E-state index contributed by atoms with van der Waals surface area (Å²) in [5.74, 6) is 0.574. The maximum absolute atomic E-state index is 9.58. The van der Waals surface area contributed by atoms with Gasteiger partial charge in [-0.15, -0.1) is 0 Å². The van der Waals surface area contributed by atoms with Gasteiger partial charge in [0.1, 0.15) is 5.60 Å². The van der Waals surface area contributed by atoms with Crippen molar-refractivity contribution in [3.05, 3.63) is 11.9 Å². The number of aliphatic imine (C=N–C) groups is 1. The largest absolute Gasteiger partial charge is 0.403 e. The van der Waals surface area contributed by atoms with Gasteiger partial charge in [0.05, 0.1) is 5.70 Å². The van der Waals surface area contributed by atoms with Crippen LogP contribution in [0.3, 0.4) is 0 Å². The second-order valence-electron chi connectivity index (χ2n) is 4.05. The normalized spacial score (nSPS) is 14.5. The van der Waals surface area contributed by atoms with Crippen LogP contribution in [0.25, 0.3) is 0 Å². The molecule has 0 unspecified atom stereocenters. The van der Waals surface area contributed by atoms with Gasteiger partial charge in [-0.05, 0) is 26.2 Å². The predicted octanol–water partition coefficient (Wildman–Crippen LogP) is 1.67. The molecule has 0 aliphatic carbocycles. The average Bonchev–Trinajstić information content (AvgIpc) is 1.95. The SMILES string of the molecule is CC(C)C/C=N\C(=C/N)C(C)(C)O. The van der Waals surface area contributed by atoms with E-state index in [2.05, 4.69) is 18.8 Å². The van der Waals surface area contributed by atoms with Crippen LogP contribution in [0.4, 0.5) is 0 Å². The fourth-order valence-electron chi connectivity index (χ4n) is 0.767. The zero-order valence-corrected chi connectivity index (χ0v) is 8.91. The molecular weight excluding hydrogens is 164 g/mol. The molecule has 0 radical (unpaired) electrons. The van der Waals surface area contributed by atoms with Gasteiger partial charge in [0, 0.05) is 12.4 Å². The molecule has 3 heteroatoms. The third-order valence-electron chi connectivity index (χ3n) is 1.59. The maximum Gasteiger partial charge on any atom is 0.102 e. The molecule has 0 atom stereocenters. The Morgan fingerprint density at radius 1 is 1.54 bits per heavy atom. The standard InChI is InChI=1S/C10H20N2O/c1-8(2)5-6-12-9(7-11)10(3,4)13/h6-8,13H,5,11H2,1-4H3/b9-7-,12-6-. The van der Waals surface area contributed by atoms with E-state index in [0.717, 1.165) is 6.42 Å². The monoisotopic (exact) mass is 184 g/mol. The summed E-state index contributed by atoms with van der Waals surface area (Å²) in [6.45, 7) is 7.56. The Bertz CT molecular complexity index is 199. The maximum atomic E-state index is 9.58. The summed E-state index contributed by atoms with van der Waals surface area (Å²) in [5, 5.41) is 9.58. The van der Waals surface area contributed by atoms with Crippen molar-refractivity contribution in [1.82, 2.24) is 0 Å². The number of aliphatic hydroxyl groups is 1. The summed E-state index contributed by atoms with van der Waals surface area (Å²) in [7, 11) is 0. The Kier molecular flexibility index (Phi) is 4.70. The Hall–Kier alpha value is -0.830.